The molecule has 2 aliphatic carbocycles. The number of fused-ring (bicyclic) bond motifs is 5. The van der Waals surface area contributed by atoms with Gasteiger partial charge in [0.25, 0.3) is 0 Å². The van der Waals surface area contributed by atoms with Gasteiger partial charge in [-0.15, -0.1) is 0 Å². The van der Waals surface area contributed by atoms with Gasteiger partial charge in [0.2, 0.25) is 12.0 Å². The van der Waals surface area contributed by atoms with Crippen molar-refractivity contribution < 1.29 is 53.7 Å². The summed E-state index contributed by atoms with van der Waals surface area (Å²) in [6.45, 7) is 1.35. The number of aliphatic hydroxyl groups excluding tert-OH is 3. The van der Waals surface area contributed by atoms with E-state index in [-0.39, 0.29) is 49.7 Å². The van der Waals surface area contributed by atoms with E-state index in [4.69, 9.17) is 23.4 Å². The summed E-state index contributed by atoms with van der Waals surface area (Å²) < 4.78 is 28.6. The standard InChI is InChI=1S/C27H36O11/c1-3-35-20(30)7-5-14-10-15-8-9-36-21(15)23(34-2)22(14)38-25-27(33)18-11-17(29)6-4-16(18)12-26(32,24(27)31)19(13-28)37-25/h8-10,16-19,24-25,28-29,31-33H,3-7,11-13H2,1-2H3/t16-,17+,18+,19+,24-,25+,26+,27-/m0/s1. The second-order valence-electron chi connectivity index (χ2n) is 10.6. The predicted molar refractivity (Wildman–Crippen MR) is 131 cm³/mol. The number of rotatable bonds is 8. The number of esters is 1. The fourth-order valence-electron chi connectivity index (χ4n) is 6.66. The van der Waals surface area contributed by atoms with Crippen molar-refractivity contribution in [2.75, 3.05) is 20.3 Å². The van der Waals surface area contributed by atoms with E-state index in [1.54, 1.807) is 19.1 Å². The quantitative estimate of drug-likeness (QED) is 0.306. The Morgan fingerprint density at radius 1 is 1.21 bits per heavy atom. The zero-order valence-electron chi connectivity index (χ0n) is 21.5. The minimum Gasteiger partial charge on any atom is -0.490 e. The first-order chi connectivity index (χ1) is 18.2. The first-order valence-electron chi connectivity index (χ1n) is 13.1. The lowest BCUT2D eigenvalue weighted by Gasteiger charge is -2.62. The minimum atomic E-state index is -2.12. The molecule has 2 aromatic rings. The highest BCUT2D eigenvalue weighted by Crippen LogP contribution is 2.56. The summed E-state index contributed by atoms with van der Waals surface area (Å²) in [4.78, 5) is 12.1. The molecule has 3 fully saturated rings. The van der Waals surface area contributed by atoms with Gasteiger partial charge < -0.3 is 48.9 Å². The molecule has 1 aliphatic heterocycles. The van der Waals surface area contributed by atoms with Crippen LogP contribution in [0.2, 0.25) is 0 Å². The molecule has 2 bridgehead atoms. The summed E-state index contributed by atoms with van der Waals surface area (Å²) in [5.41, 5.74) is -3.11. The van der Waals surface area contributed by atoms with Crippen molar-refractivity contribution in [2.45, 2.75) is 81.3 Å². The first kappa shape index (κ1) is 27.2. The molecule has 5 N–H and O–H groups in total. The van der Waals surface area contributed by atoms with Crippen LogP contribution in [0.1, 0.15) is 44.6 Å². The van der Waals surface area contributed by atoms with Gasteiger partial charge in [0.05, 0.1) is 32.7 Å². The molecule has 0 radical (unpaired) electrons. The first-order valence-corrected chi connectivity index (χ1v) is 13.1. The third-order valence-electron chi connectivity index (χ3n) is 8.51. The van der Waals surface area contributed by atoms with Gasteiger partial charge in [-0.3, -0.25) is 4.79 Å². The highest BCUT2D eigenvalue weighted by atomic mass is 16.7. The maximum atomic E-state index is 12.1. The molecule has 1 aromatic carbocycles. The van der Waals surface area contributed by atoms with Crippen LogP contribution in [0.15, 0.2) is 22.8 Å². The van der Waals surface area contributed by atoms with E-state index < -0.39 is 54.3 Å². The summed E-state index contributed by atoms with van der Waals surface area (Å²) in [7, 11) is 1.42. The van der Waals surface area contributed by atoms with Gasteiger partial charge in [-0.1, -0.05) is 0 Å². The molecular formula is C27H36O11. The van der Waals surface area contributed by atoms with Crippen molar-refractivity contribution in [1.82, 2.24) is 0 Å². The lowest BCUT2D eigenvalue weighted by molar-refractivity contribution is -0.391. The Morgan fingerprint density at radius 3 is 2.71 bits per heavy atom. The van der Waals surface area contributed by atoms with Crippen molar-refractivity contribution >= 4 is 16.9 Å². The summed E-state index contributed by atoms with van der Waals surface area (Å²) in [6.07, 6.45) is -2.14. The van der Waals surface area contributed by atoms with Crippen LogP contribution in [-0.2, 0) is 20.7 Å². The second kappa shape index (κ2) is 10.3. The molecule has 8 atom stereocenters. The lowest BCUT2D eigenvalue weighted by atomic mass is 9.54. The monoisotopic (exact) mass is 536 g/mol. The average molecular weight is 537 g/mol. The Bertz CT molecular complexity index is 1160. The van der Waals surface area contributed by atoms with E-state index in [2.05, 4.69) is 0 Å². The molecule has 3 aliphatic rings. The predicted octanol–water partition coefficient (Wildman–Crippen LogP) is 1.04. The molecule has 1 aromatic heterocycles. The van der Waals surface area contributed by atoms with E-state index in [0.717, 1.165) is 0 Å². The largest absolute Gasteiger partial charge is 0.490 e. The number of carbonyl (C=O) groups is 1. The van der Waals surface area contributed by atoms with Crippen molar-refractivity contribution in [2.24, 2.45) is 11.8 Å². The molecule has 0 spiro atoms. The Labute approximate surface area is 219 Å². The Kier molecular flexibility index (Phi) is 7.36. The van der Waals surface area contributed by atoms with Crippen molar-refractivity contribution in [3.63, 3.8) is 0 Å². The van der Waals surface area contributed by atoms with E-state index in [1.165, 1.54) is 13.4 Å². The Balaban J connectivity index is 1.58. The Morgan fingerprint density at radius 2 is 2.00 bits per heavy atom. The summed E-state index contributed by atoms with van der Waals surface area (Å²) in [5, 5.41) is 56.2. The average Bonchev–Trinajstić information content (AvgIpc) is 3.36. The molecule has 11 nitrogen and oxygen atoms in total. The van der Waals surface area contributed by atoms with Gasteiger partial charge in [0, 0.05) is 17.7 Å². The van der Waals surface area contributed by atoms with Crippen LogP contribution < -0.4 is 9.47 Å². The van der Waals surface area contributed by atoms with Crippen molar-refractivity contribution in [3.05, 3.63) is 24.0 Å². The third-order valence-corrected chi connectivity index (χ3v) is 8.51. The third kappa shape index (κ3) is 4.25. The fraction of sp³-hybridized carbons (Fsp3) is 0.667. The second-order valence-corrected chi connectivity index (χ2v) is 10.6. The number of aliphatic hydroxyl groups is 5. The molecule has 2 heterocycles. The number of furan rings is 1. The number of benzene rings is 1. The SMILES string of the molecule is CCOC(=O)CCc1cc2ccoc2c(OC)c1O[C@H]1O[C@H](CO)[C@]2(O)C[C@@H]3CC[C@@H](O)C[C@H]3[C@]1(O)[C@H]2O. The molecule has 210 valence electrons. The minimum absolute atomic E-state index is 0.0467. The molecule has 0 amide bonds. The maximum Gasteiger partial charge on any atom is 0.306 e. The summed E-state index contributed by atoms with van der Waals surface area (Å²) >= 11 is 0. The van der Waals surface area contributed by atoms with E-state index >= 15 is 0 Å². The van der Waals surface area contributed by atoms with Crippen molar-refractivity contribution in [3.8, 4) is 11.5 Å². The number of aryl methyl sites for hydroxylation is 1. The smallest absolute Gasteiger partial charge is 0.306 e. The number of hydrogen-bond donors (Lipinski definition) is 5. The summed E-state index contributed by atoms with van der Waals surface area (Å²) in [6, 6.07) is 3.51. The molecule has 2 saturated carbocycles. The molecule has 11 heteroatoms. The van der Waals surface area contributed by atoms with Gasteiger partial charge in [-0.05, 0) is 62.6 Å². The van der Waals surface area contributed by atoms with E-state index in [0.29, 0.717) is 29.4 Å². The van der Waals surface area contributed by atoms with Gasteiger partial charge in [-0.2, -0.15) is 0 Å². The number of hydrogen-bond acceptors (Lipinski definition) is 11. The fourth-order valence-corrected chi connectivity index (χ4v) is 6.66. The number of carbonyl (C=O) groups excluding carboxylic acids is 1. The van der Waals surface area contributed by atoms with Gasteiger partial charge in [-0.25, -0.2) is 0 Å². The van der Waals surface area contributed by atoms with Crippen LogP contribution in [0.5, 0.6) is 11.5 Å². The highest BCUT2D eigenvalue weighted by Gasteiger charge is 2.71. The van der Waals surface area contributed by atoms with Crippen LogP contribution >= 0.6 is 0 Å². The van der Waals surface area contributed by atoms with Crippen LogP contribution in [0.3, 0.4) is 0 Å². The maximum absolute atomic E-state index is 12.1. The van der Waals surface area contributed by atoms with Crippen LogP contribution in [0.4, 0.5) is 0 Å². The topological polar surface area (TPSA) is 168 Å². The lowest BCUT2D eigenvalue weighted by Crippen LogP contribution is -2.80. The van der Waals surface area contributed by atoms with Crippen LogP contribution in [0.25, 0.3) is 11.0 Å². The molecular weight excluding hydrogens is 500 g/mol. The molecule has 5 rings (SSSR count). The van der Waals surface area contributed by atoms with E-state index in [9.17, 15) is 30.3 Å². The zero-order chi connectivity index (χ0) is 27.2. The molecule has 1 saturated heterocycles. The molecule has 0 unspecified atom stereocenters. The van der Waals surface area contributed by atoms with Gasteiger partial charge >= 0.3 is 5.97 Å². The van der Waals surface area contributed by atoms with E-state index in [1.807, 2.05) is 0 Å². The molecule has 38 heavy (non-hydrogen) atoms. The van der Waals surface area contributed by atoms with Crippen LogP contribution in [-0.4, -0.2) is 87.6 Å². The highest BCUT2D eigenvalue weighted by molar-refractivity contribution is 5.87. The number of ether oxygens (including phenoxy) is 4. The summed E-state index contributed by atoms with van der Waals surface area (Å²) in [5.74, 6) is -0.952. The van der Waals surface area contributed by atoms with Crippen molar-refractivity contribution in [1.29, 1.82) is 0 Å². The normalized spacial score (nSPS) is 36.5. The van der Waals surface area contributed by atoms with Gasteiger partial charge in [0.1, 0.15) is 17.8 Å². The van der Waals surface area contributed by atoms with Gasteiger partial charge in [0.15, 0.2) is 16.9 Å². The Hall–Kier alpha value is -2.41. The number of methoxy groups -OCH3 is 1. The zero-order valence-corrected chi connectivity index (χ0v) is 21.5. The van der Waals surface area contributed by atoms with Crippen LogP contribution in [0, 0.1) is 11.8 Å².